The number of hydrogen-bond acceptors (Lipinski definition) is 5. The summed E-state index contributed by atoms with van der Waals surface area (Å²) in [7, 11) is 0. The van der Waals surface area contributed by atoms with Gasteiger partial charge >= 0.3 is 0 Å². The van der Waals surface area contributed by atoms with Gasteiger partial charge in [0.2, 0.25) is 0 Å². The van der Waals surface area contributed by atoms with Gasteiger partial charge in [0, 0.05) is 29.5 Å². The molecule has 1 amide bonds. The van der Waals surface area contributed by atoms with Gasteiger partial charge in [-0.2, -0.15) is 0 Å². The molecule has 0 spiro atoms. The molecule has 7 heteroatoms. The zero-order valence-electron chi connectivity index (χ0n) is 15.8. The maximum atomic E-state index is 12.8. The average molecular weight is 432 g/mol. The molecule has 0 bridgehead atoms. The maximum Gasteiger partial charge on any atom is 0.267 e. The lowest BCUT2D eigenvalue weighted by Crippen LogP contribution is -2.33. The first-order valence-corrected chi connectivity index (χ1v) is 10.7. The lowest BCUT2D eigenvalue weighted by atomic mass is 10.1. The van der Waals surface area contributed by atoms with E-state index < -0.39 is 0 Å². The molecule has 0 saturated carbocycles. The van der Waals surface area contributed by atoms with Gasteiger partial charge in [-0.1, -0.05) is 53.8 Å². The van der Waals surface area contributed by atoms with Gasteiger partial charge in [0.15, 0.2) is 0 Å². The van der Waals surface area contributed by atoms with E-state index in [1.165, 1.54) is 17.4 Å². The molecule has 1 saturated heterocycles. The fourth-order valence-electron chi connectivity index (χ4n) is 2.93. The Morgan fingerprint density at radius 3 is 2.54 bits per heavy atom. The molecule has 146 valence electrons. The summed E-state index contributed by atoms with van der Waals surface area (Å²) in [5, 5.41) is 3.83. The van der Waals surface area contributed by atoms with Crippen molar-refractivity contribution in [2.45, 2.75) is 13.8 Å². The Balaban J connectivity index is 1.68. The molecule has 0 unspecified atom stereocenters. The van der Waals surface area contributed by atoms with Crippen molar-refractivity contribution < 1.29 is 4.79 Å². The Labute approximate surface area is 180 Å². The van der Waals surface area contributed by atoms with Crippen LogP contribution >= 0.6 is 35.6 Å². The van der Waals surface area contributed by atoms with Gasteiger partial charge in [-0.3, -0.25) is 9.69 Å². The summed E-state index contributed by atoms with van der Waals surface area (Å²) in [6, 6.07) is 15.6. The Morgan fingerprint density at radius 2 is 1.89 bits per heavy atom. The van der Waals surface area contributed by atoms with Gasteiger partial charge in [0.25, 0.3) is 5.91 Å². The van der Waals surface area contributed by atoms with Gasteiger partial charge in [0.05, 0.1) is 11.6 Å². The number of nitrogens with one attached hydrogen (secondary N) is 1. The molecule has 0 aliphatic carbocycles. The average Bonchev–Trinajstić information content (AvgIpc) is 2.95. The van der Waals surface area contributed by atoms with Crippen molar-refractivity contribution in [3.8, 4) is 0 Å². The van der Waals surface area contributed by atoms with Crippen molar-refractivity contribution in [3.63, 3.8) is 0 Å². The lowest BCUT2D eigenvalue weighted by molar-refractivity contribution is -0.121. The van der Waals surface area contributed by atoms with Crippen LogP contribution in [0.15, 0.2) is 53.4 Å². The summed E-state index contributed by atoms with van der Waals surface area (Å²) >= 11 is 12.7. The quantitative estimate of drug-likeness (QED) is 0.465. The van der Waals surface area contributed by atoms with Crippen LogP contribution < -0.4 is 10.2 Å². The van der Waals surface area contributed by atoms with Gasteiger partial charge in [0.1, 0.15) is 4.32 Å². The number of carbonyl (C=O) groups excluding carboxylic acids is 1. The Morgan fingerprint density at radius 1 is 1.18 bits per heavy atom. The van der Waals surface area contributed by atoms with E-state index in [4.69, 9.17) is 23.8 Å². The van der Waals surface area contributed by atoms with Crippen molar-refractivity contribution in [2.75, 3.05) is 30.0 Å². The number of thioether (sulfide) groups is 1. The largest absolute Gasteiger partial charge is 0.372 e. The van der Waals surface area contributed by atoms with Crippen molar-refractivity contribution >= 4 is 63.3 Å². The molecular weight excluding hydrogens is 410 g/mol. The standard InChI is InChI=1S/C21H22ClN3OS2/c1-3-24(4-2)18-10-8-15(9-11-18)12-19-20(26)25(21(27)28-19)14-23-17-7-5-6-16(22)13-17/h5-13,23H,3-4,14H2,1-2H3. The number of amides is 1. The second-order valence-electron chi connectivity index (χ2n) is 6.22. The molecule has 0 radical (unpaired) electrons. The molecule has 4 nitrogen and oxygen atoms in total. The zero-order valence-corrected chi connectivity index (χ0v) is 18.2. The Hall–Kier alpha value is -2.02. The normalized spacial score (nSPS) is 15.4. The van der Waals surface area contributed by atoms with Crippen LogP contribution in [-0.4, -0.2) is 34.9 Å². The van der Waals surface area contributed by atoms with E-state index in [1.807, 2.05) is 36.4 Å². The molecule has 2 aromatic carbocycles. The highest BCUT2D eigenvalue weighted by Gasteiger charge is 2.31. The third kappa shape index (κ3) is 4.87. The summed E-state index contributed by atoms with van der Waals surface area (Å²) in [6.07, 6.45) is 1.89. The second-order valence-corrected chi connectivity index (χ2v) is 8.33. The highest BCUT2D eigenvalue weighted by Crippen LogP contribution is 2.32. The molecule has 2 aromatic rings. The first kappa shape index (κ1) is 20.7. The van der Waals surface area contributed by atoms with Crippen molar-refractivity contribution in [3.05, 3.63) is 64.0 Å². The van der Waals surface area contributed by atoms with Gasteiger partial charge in [-0.15, -0.1) is 0 Å². The molecule has 1 heterocycles. The van der Waals surface area contributed by atoms with E-state index in [0.717, 1.165) is 24.3 Å². The van der Waals surface area contributed by atoms with Crippen LogP contribution in [0.4, 0.5) is 11.4 Å². The fourth-order valence-corrected chi connectivity index (χ4v) is 4.37. The highest BCUT2D eigenvalue weighted by atomic mass is 35.5. The first-order valence-electron chi connectivity index (χ1n) is 9.11. The molecule has 0 aromatic heterocycles. The Kier molecular flexibility index (Phi) is 6.99. The van der Waals surface area contributed by atoms with E-state index in [9.17, 15) is 4.79 Å². The van der Waals surface area contributed by atoms with Gasteiger partial charge < -0.3 is 10.2 Å². The number of hydrogen-bond donors (Lipinski definition) is 1. The number of nitrogens with zero attached hydrogens (tertiary/aromatic N) is 2. The van der Waals surface area contributed by atoms with Gasteiger partial charge in [-0.25, -0.2) is 0 Å². The van der Waals surface area contributed by atoms with Crippen LogP contribution in [0.5, 0.6) is 0 Å². The molecule has 28 heavy (non-hydrogen) atoms. The van der Waals surface area contributed by atoms with Crippen molar-refractivity contribution in [1.82, 2.24) is 4.90 Å². The summed E-state index contributed by atoms with van der Waals surface area (Å²) in [5.41, 5.74) is 3.01. The van der Waals surface area contributed by atoms with E-state index in [-0.39, 0.29) is 5.91 Å². The third-order valence-electron chi connectivity index (χ3n) is 4.46. The summed E-state index contributed by atoms with van der Waals surface area (Å²) in [5.74, 6) is -0.0858. The monoisotopic (exact) mass is 431 g/mol. The number of benzene rings is 2. The van der Waals surface area contributed by atoms with Crippen LogP contribution in [0.1, 0.15) is 19.4 Å². The second kappa shape index (κ2) is 9.45. The van der Waals surface area contributed by atoms with E-state index in [2.05, 4.69) is 36.2 Å². The van der Waals surface area contributed by atoms with E-state index in [1.54, 1.807) is 11.0 Å². The summed E-state index contributed by atoms with van der Waals surface area (Å²) in [4.78, 5) is 17.2. The van der Waals surface area contributed by atoms with Crippen LogP contribution in [0.25, 0.3) is 6.08 Å². The van der Waals surface area contributed by atoms with Crippen LogP contribution in [0.2, 0.25) is 5.02 Å². The van der Waals surface area contributed by atoms with Crippen LogP contribution in [0.3, 0.4) is 0 Å². The van der Waals surface area contributed by atoms with E-state index in [0.29, 0.717) is 20.9 Å². The van der Waals surface area contributed by atoms with Crippen LogP contribution in [-0.2, 0) is 4.79 Å². The predicted octanol–water partition coefficient (Wildman–Crippen LogP) is 5.46. The fraction of sp³-hybridized carbons (Fsp3) is 0.238. The van der Waals surface area contributed by atoms with Crippen molar-refractivity contribution in [2.24, 2.45) is 0 Å². The lowest BCUT2D eigenvalue weighted by Gasteiger charge is -2.20. The minimum Gasteiger partial charge on any atom is -0.372 e. The molecular formula is C21H22ClN3OS2. The minimum atomic E-state index is -0.0858. The van der Waals surface area contributed by atoms with Gasteiger partial charge in [-0.05, 0) is 55.8 Å². The maximum absolute atomic E-state index is 12.8. The topological polar surface area (TPSA) is 35.6 Å². The van der Waals surface area contributed by atoms with Crippen LogP contribution in [0, 0.1) is 0 Å². The predicted molar refractivity (Wildman–Crippen MR) is 125 cm³/mol. The molecule has 1 fully saturated rings. The summed E-state index contributed by atoms with van der Waals surface area (Å²) < 4.78 is 0.547. The van der Waals surface area contributed by atoms with Crippen molar-refractivity contribution in [1.29, 1.82) is 0 Å². The zero-order chi connectivity index (χ0) is 20.1. The van der Waals surface area contributed by atoms with E-state index >= 15 is 0 Å². The molecule has 1 aliphatic rings. The molecule has 0 atom stereocenters. The molecule has 3 rings (SSSR count). The number of rotatable bonds is 7. The summed E-state index contributed by atoms with van der Waals surface area (Å²) in [6.45, 7) is 6.52. The highest BCUT2D eigenvalue weighted by molar-refractivity contribution is 8.26. The number of anilines is 2. The third-order valence-corrected chi connectivity index (χ3v) is 6.07. The first-order chi connectivity index (χ1) is 13.5. The number of carbonyl (C=O) groups is 1. The number of thiocarbonyl (C=S) groups is 1. The number of halogens is 1. The smallest absolute Gasteiger partial charge is 0.267 e. The minimum absolute atomic E-state index is 0.0858. The SMILES string of the molecule is CCN(CC)c1ccc(C=C2SC(=S)N(CNc3cccc(Cl)c3)C2=O)cc1. The molecule has 1 N–H and O–H groups in total. The Bertz CT molecular complexity index is 895. The molecule has 1 aliphatic heterocycles.